The highest BCUT2D eigenvalue weighted by Crippen LogP contribution is 2.44. The molecule has 0 bridgehead atoms. The summed E-state index contributed by atoms with van der Waals surface area (Å²) in [6.07, 6.45) is -9.15. The number of pyridine rings is 1. The van der Waals surface area contributed by atoms with E-state index in [1.165, 1.54) is 29.7 Å². The number of ether oxygens (including phenoxy) is 2. The summed E-state index contributed by atoms with van der Waals surface area (Å²) in [6, 6.07) is 1.55. The van der Waals surface area contributed by atoms with E-state index in [1.54, 1.807) is 52.5 Å². The van der Waals surface area contributed by atoms with Crippen LogP contribution in [-0.2, 0) is 38.4 Å². The number of aromatic nitrogens is 3. The number of aliphatic hydroxyl groups is 1. The Balaban J connectivity index is 1.48. The maximum atomic E-state index is 16.7. The van der Waals surface area contributed by atoms with Crippen molar-refractivity contribution in [1.82, 2.24) is 29.9 Å². The first-order valence-corrected chi connectivity index (χ1v) is 23.1. The number of piperazine rings is 1. The van der Waals surface area contributed by atoms with Gasteiger partial charge in [0.2, 0.25) is 6.04 Å². The zero-order chi connectivity index (χ0) is 51.0. The third-order valence-corrected chi connectivity index (χ3v) is 12.8. The Bertz CT molecular complexity index is 2550. The Morgan fingerprint density at radius 2 is 1.65 bits per heavy atom. The van der Waals surface area contributed by atoms with Gasteiger partial charge in [-0.25, -0.2) is 14.8 Å². The highest BCUT2D eigenvalue weighted by Gasteiger charge is 2.43. The Morgan fingerprint density at radius 3 is 2.25 bits per heavy atom. The molecule has 1 aromatic carbocycles. The van der Waals surface area contributed by atoms with E-state index in [4.69, 9.17) is 9.47 Å². The summed E-state index contributed by atoms with van der Waals surface area (Å²) >= 11 is 1.01. The molecule has 0 spiro atoms. The number of alkyl halides is 6. The molecule has 2 aliphatic heterocycles. The van der Waals surface area contributed by atoms with Crippen molar-refractivity contribution < 1.29 is 69.4 Å². The van der Waals surface area contributed by atoms with Gasteiger partial charge in [0, 0.05) is 68.3 Å². The summed E-state index contributed by atoms with van der Waals surface area (Å²) < 4.78 is 114. The van der Waals surface area contributed by atoms with Crippen LogP contribution in [0.1, 0.15) is 76.8 Å². The predicted molar refractivity (Wildman–Crippen MR) is 244 cm³/mol. The minimum absolute atomic E-state index is 0.0181. The molecular weight excluding hydrogens is 942 g/mol. The van der Waals surface area contributed by atoms with Crippen molar-refractivity contribution in [3.8, 4) is 22.5 Å². The molecule has 3 N–H and O–H groups in total. The lowest BCUT2D eigenvalue weighted by atomic mass is 9.84. The highest BCUT2D eigenvalue weighted by molar-refractivity contribution is 7.10. The Kier molecular flexibility index (Phi) is 15.9. The van der Waals surface area contributed by atoms with Crippen LogP contribution in [0.3, 0.4) is 0 Å². The van der Waals surface area contributed by atoms with Crippen LogP contribution in [0.5, 0.6) is 0 Å². The molecule has 2 saturated heterocycles. The standard InChI is InChI=1S/C46H57F7N8O7S/c1-26(67-8)38-30(16-27(21-54-38)59-14-12-58(13-15-59)23-45(48,49)50)39-31(20-44(5,6)25-62)28-17-29(32(47)18-35(28)60(39)24-46(51,52)53)34-22-69-37(55-34)19-36(57(7)42(66)68-43(2,3)4)40(63)61-11-9-10-33(56-61)41(64)65/h16-18,21-22,26,33,36,56,62H,7,9-15,19-20,23-25H2,1-6,8H3/p+1/t26-,33-,36-/m0/s1. The molecule has 378 valence electrons. The second-order valence-corrected chi connectivity index (χ2v) is 20.2. The summed E-state index contributed by atoms with van der Waals surface area (Å²) in [5, 5.41) is 23.2. The molecular formula is C46H58F7N8O7S+. The number of rotatable bonds is 15. The van der Waals surface area contributed by atoms with Gasteiger partial charge in [0.1, 0.15) is 35.7 Å². The number of hydrogen-bond donors (Lipinski definition) is 3. The number of halogens is 7. The molecule has 4 aromatic rings. The topological polar surface area (TPSA) is 166 Å². The molecule has 0 unspecified atom stereocenters. The van der Waals surface area contributed by atoms with Crippen molar-refractivity contribution in [1.29, 1.82) is 0 Å². The number of aliphatic hydroxyl groups excluding tert-OH is 1. The lowest BCUT2D eigenvalue weighted by Gasteiger charge is -2.36. The van der Waals surface area contributed by atoms with Gasteiger partial charge in [0.15, 0.2) is 0 Å². The van der Waals surface area contributed by atoms with Crippen LogP contribution in [0.4, 0.5) is 41.2 Å². The van der Waals surface area contributed by atoms with Crippen LogP contribution in [0, 0.1) is 11.2 Å². The van der Waals surface area contributed by atoms with Gasteiger partial charge < -0.3 is 29.2 Å². The third-order valence-electron chi connectivity index (χ3n) is 12.0. The normalized spacial score (nSPS) is 17.6. The van der Waals surface area contributed by atoms with Crippen molar-refractivity contribution in [2.24, 2.45) is 5.41 Å². The zero-order valence-electron chi connectivity index (χ0n) is 39.4. The van der Waals surface area contributed by atoms with Gasteiger partial charge in [-0.05, 0) is 76.1 Å². The van der Waals surface area contributed by atoms with Gasteiger partial charge in [0.05, 0.1) is 53.6 Å². The van der Waals surface area contributed by atoms with Gasteiger partial charge >= 0.3 is 30.3 Å². The molecule has 6 rings (SSSR count). The van der Waals surface area contributed by atoms with Crippen LogP contribution in [0.15, 0.2) is 29.8 Å². The van der Waals surface area contributed by atoms with E-state index in [1.807, 2.05) is 0 Å². The number of fused-ring (bicyclic) bond motifs is 1. The number of carboxylic acid groups (broad SMARTS) is 1. The highest BCUT2D eigenvalue weighted by atomic mass is 32.1. The van der Waals surface area contributed by atoms with Gasteiger partial charge in [-0.1, -0.05) is 13.8 Å². The second-order valence-electron chi connectivity index (χ2n) is 19.2. The Labute approximate surface area is 398 Å². The lowest BCUT2D eigenvalue weighted by molar-refractivity contribution is -0.471. The van der Waals surface area contributed by atoms with E-state index in [0.717, 1.165) is 31.6 Å². The number of nitrogens with one attached hydrogen (secondary N) is 1. The van der Waals surface area contributed by atoms with Gasteiger partial charge in [-0.15, -0.1) is 15.9 Å². The van der Waals surface area contributed by atoms with Crippen molar-refractivity contribution in [3.63, 3.8) is 0 Å². The Hall–Kier alpha value is -5.23. The number of carbonyl (C=O) groups is 3. The minimum atomic E-state index is -4.83. The SMILES string of the molecule is C=[N+](C(=O)OC(C)(C)C)[C@@H](Cc1nc(-c2cc3c(CC(C)(C)CO)c(-c4cc(N5CCN(CC(F)(F)F)CC5)cnc4[C@H](C)OC)n(CC(F)(F)F)c3cc2F)cs1)C(=O)N1CCC[C@@H](C(=O)O)N1. The summed E-state index contributed by atoms with van der Waals surface area (Å²) in [5.41, 5.74) is 1.80. The smallest absolute Gasteiger partial charge is 0.480 e. The molecule has 0 saturated carbocycles. The molecule has 0 radical (unpaired) electrons. The summed E-state index contributed by atoms with van der Waals surface area (Å²) in [6.45, 7) is 11.3. The molecule has 23 heteroatoms. The maximum Gasteiger partial charge on any atom is 0.597 e. The average molecular weight is 1000 g/mol. The molecule has 3 aromatic heterocycles. The predicted octanol–water partition coefficient (Wildman–Crippen LogP) is 7.62. The fraction of sp³-hybridized carbons (Fsp3) is 0.565. The van der Waals surface area contributed by atoms with E-state index < -0.39 is 78.4 Å². The second kappa shape index (κ2) is 20.6. The van der Waals surface area contributed by atoms with E-state index in [2.05, 4.69) is 22.1 Å². The van der Waals surface area contributed by atoms with Crippen molar-refractivity contribution in [2.75, 3.05) is 57.9 Å². The molecule has 2 amide bonds. The van der Waals surface area contributed by atoms with Gasteiger partial charge in [-0.3, -0.25) is 24.5 Å². The number of aliphatic carboxylic acids is 1. The number of methoxy groups -OCH3 is 1. The first-order valence-electron chi connectivity index (χ1n) is 22.3. The monoisotopic (exact) mass is 999 g/mol. The molecule has 2 fully saturated rings. The minimum Gasteiger partial charge on any atom is -0.480 e. The van der Waals surface area contributed by atoms with Crippen LogP contribution in [-0.4, -0.2) is 147 Å². The van der Waals surface area contributed by atoms with E-state index in [9.17, 15) is 50.9 Å². The summed E-state index contributed by atoms with van der Waals surface area (Å²) in [5.74, 6) is -2.82. The largest absolute Gasteiger partial charge is 0.597 e. The van der Waals surface area contributed by atoms with E-state index in [-0.39, 0.29) is 103 Å². The van der Waals surface area contributed by atoms with Crippen LogP contribution < -0.4 is 10.3 Å². The number of anilines is 1. The molecule has 15 nitrogen and oxygen atoms in total. The average Bonchev–Trinajstić information content (AvgIpc) is 3.84. The fourth-order valence-electron chi connectivity index (χ4n) is 8.46. The third kappa shape index (κ3) is 13.0. The maximum absolute atomic E-state index is 16.7. The quantitative estimate of drug-likeness (QED) is 0.0607. The van der Waals surface area contributed by atoms with Gasteiger partial charge in [-0.2, -0.15) is 31.1 Å². The molecule has 0 aliphatic carbocycles. The summed E-state index contributed by atoms with van der Waals surface area (Å²) in [4.78, 5) is 51.6. The number of hydrazine groups is 1. The van der Waals surface area contributed by atoms with Crippen LogP contribution >= 0.6 is 11.3 Å². The van der Waals surface area contributed by atoms with Crippen molar-refractivity contribution in [2.45, 2.75) is 110 Å². The lowest BCUT2D eigenvalue weighted by Crippen LogP contribution is -2.59. The Morgan fingerprint density at radius 1 is 0.986 bits per heavy atom. The summed E-state index contributed by atoms with van der Waals surface area (Å²) in [7, 11) is 1.40. The van der Waals surface area contributed by atoms with Crippen LogP contribution in [0.2, 0.25) is 0 Å². The number of benzene rings is 1. The number of nitrogens with zero attached hydrogens (tertiary/aromatic N) is 7. The van der Waals surface area contributed by atoms with E-state index in [0.29, 0.717) is 17.7 Å². The van der Waals surface area contributed by atoms with E-state index >= 15 is 4.39 Å². The molecule has 3 atom stereocenters. The van der Waals surface area contributed by atoms with Crippen molar-refractivity contribution in [3.05, 3.63) is 51.9 Å². The van der Waals surface area contributed by atoms with Crippen LogP contribution in [0.25, 0.3) is 33.4 Å². The fourth-order valence-corrected chi connectivity index (χ4v) is 9.29. The number of thiazole rings is 1. The number of hydrogen-bond acceptors (Lipinski definition) is 12. The molecule has 69 heavy (non-hydrogen) atoms. The number of amides is 2. The number of carboxylic acids is 1. The number of carbonyl (C=O) groups excluding carboxylic acids is 2. The first-order chi connectivity index (χ1) is 32.1. The molecule has 2 aliphatic rings. The first kappa shape index (κ1) is 53.1. The zero-order valence-corrected chi connectivity index (χ0v) is 40.2. The molecule has 5 heterocycles. The van der Waals surface area contributed by atoms with Gasteiger partial charge in [0.25, 0.3) is 0 Å². The van der Waals surface area contributed by atoms with Crippen molar-refractivity contribution >= 4 is 52.6 Å².